The summed E-state index contributed by atoms with van der Waals surface area (Å²) < 4.78 is 39.5. The Morgan fingerprint density at radius 2 is 1.63 bits per heavy atom. The van der Waals surface area contributed by atoms with Gasteiger partial charge in [-0.05, 0) is 82.0 Å². The minimum Gasteiger partial charge on any atom is -0.352 e. The number of nitrogens with zero attached hydrogens (tertiary/aromatic N) is 2. The third-order valence-corrected chi connectivity index (χ3v) is 6.99. The Bertz CT molecular complexity index is 1130. The lowest BCUT2D eigenvalue weighted by molar-refractivity contribution is -0.140. The van der Waals surface area contributed by atoms with Crippen molar-refractivity contribution in [3.8, 4) is 0 Å². The average Bonchev–Trinajstić information content (AvgIpc) is 2.76. The van der Waals surface area contributed by atoms with E-state index in [9.17, 15) is 22.4 Å². The summed E-state index contributed by atoms with van der Waals surface area (Å²) in [5, 5.41) is 2.82. The molecule has 0 saturated carbocycles. The first-order valence-electron chi connectivity index (χ1n) is 11.7. The zero-order chi connectivity index (χ0) is 26.3. The highest BCUT2D eigenvalue weighted by Gasteiger charge is 2.27. The molecule has 0 aliphatic carbocycles. The predicted octanol–water partition coefficient (Wildman–Crippen LogP) is 3.93. The molecule has 0 aliphatic heterocycles. The molecule has 7 nitrogen and oxygen atoms in total. The molecule has 35 heavy (non-hydrogen) atoms. The number of carbonyl (C=O) groups excluding carboxylic acids is 2. The van der Waals surface area contributed by atoms with Crippen molar-refractivity contribution in [2.45, 2.75) is 66.1 Å². The molecular formula is C26H36FN3O4S. The van der Waals surface area contributed by atoms with E-state index in [1.165, 1.54) is 21.3 Å². The Labute approximate surface area is 208 Å². The van der Waals surface area contributed by atoms with Gasteiger partial charge in [0.05, 0.1) is 11.9 Å². The zero-order valence-corrected chi connectivity index (χ0v) is 22.2. The molecule has 9 heteroatoms. The molecule has 0 fully saturated rings. The number of hydrogen-bond acceptors (Lipinski definition) is 4. The van der Waals surface area contributed by atoms with Crippen molar-refractivity contribution >= 4 is 27.5 Å². The van der Waals surface area contributed by atoms with E-state index in [0.29, 0.717) is 11.3 Å². The number of amides is 2. The summed E-state index contributed by atoms with van der Waals surface area (Å²) in [6.07, 6.45) is 1.47. The van der Waals surface area contributed by atoms with Gasteiger partial charge in [-0.15, -0.1) is 0 Å². The van der Waals surface area contributed by atoms with Gasteiger partial charge < -0.3 is 10.2 Å². The molecule has 1 unspecified atom stereocenters. The number of rotatable bonds is 11. The normalized spacial score (nSPS) is 12.3. The highest BCUT2D eigenvalue weighted by molar-refractivity contribution is 7.92. The maximum Gasteiger partial charge on any atom is 0.242 e. The maximum atomic E-state index is 13.3. The smallest absolute Gasteiger partial charge is 0.242 e. The molecular weight excluding hydrogens is 469 g/mol. The second kappa shape index (κ2) is 12.2. The van der Waals surface area contributed by atoms with Crippen LogP contribution >= 0.6 is 0 Å². The first-order chi connectivity index (χ1) is 16.3. The van der Waals surface area contributed by atoms with E-state index in [4.69, 9.17) is 0 Å². The molecule has 0 aromatic heterocycles. The first kappa shape index (κ1) is 28.3. The average molecular weight is 506 g/mol. The van der Waals surface area contributed by atoms with Gasteiger partial charge in [0.15, 0.2) is 0 Å². The van der Waals surface area contributed by atoms with Crippen LogP contribution in [0.25, 0.3) is 0 Å². The Morgan fingerprint density at radius 1 is 1.00 bits per heavy atom. The van der Waals surface area contributed by atoms with Crippen molar-refractivity contribution in [2.75, 3.05) is 17.1 Å². The third-order valence-electron chi connectivity index (χ3n) is 5.80. The molecule has 0 spiro atoms. The summed E-state index contributed by atoms with van der Waals surface area (Å²) in [6.45, 7) is 9.46. The fourth-order valence-corrected chi connectivity index (χ4v) is 4.62. The van der Waals surface area contributed by atoms with Gasteiger partial charge in [-0.25, -0.2) is 12.8 Å². The number of carbonyl (C=O) groups is 2. The van der Waals surface area contributed by atoms with Crippen LogP contribution in [0, 0.1) is 19.7 Å². The molecule has 0 radical (unpaired) electrons. The third kappa shape index (κ3) is 8.35. The van der Waals surface area contributed by atoms with Crippen LogP contribution in [0.3, 0.4) is 0 Å². The van der Waals surface area contributed by atoms with Gasteiger partial charge in [0.2, 0.25) is 21.8 Å². The topological polar surface area (TPSA) is 86.8 Å². The summed E-state index contributed by atoms with van der Waals surface area (Å²) in [5.41, 5.74) is 3.28. The lowest BCUT2D eigenvalue weighted by Crippen LogP contribution is -2.49. The van der Waals surface area contributed by atoms with Gasteiger partial charge in [0, 0.05) is 25.6 Å². The summed E-state index contributed by atoms with van der Waals surface area (Å²) in [7, 11) is -3.55. The summed E-state index contributed by atoms with van der Waals surface area (Å²) in [6, 6.07) is 10.4. The van der Waals surface area contributed by atoms with E-state index in [1.54, 1.807) is 25.1 Å². The van der Waals surface area contributed by atoms with Gasteiger partial charge in [0.25, 0.3) is 0 Å². The number of benzene rings is 2. The number of halogens is 1. The van der Waals surface area contributed by atoms with E-state index in [0.717, 1.165) is 17.4 Å². The molecule has 2 amide bonds. The summed E-state index contributed by atoms with van der Waals surface area (Å²) >= 11 is 0. The molecule has 2 rings (SSSR count). The molecule has 0 bridgehead atoms. The van der Waals surface area contributed by atoms with Gasteiger partial charge in [-0.2, -0.15) is 0 Å². The molecule has 0 saturated heterocycles. The quantitative estimate of drug-likeness (QED) is 0.501. The molecule has 1 N–H and O–H groups in total. The SMILES string of the molecule is Cc1ccc(N(CCCC(=O)N(Cc2ccc(F)cc2)C(C)C(=O)NC(C)C)S(C)(=O)=O)cc1C. The van der Waals surface area contributed by atoms with E-state index in [1.807, 2.05) is 39.8 Å². The van der Waals surface area contributed by atoms with Crippen molar-refractivity contribution < 1.29 is 22.4 Å². The van der Waals surface area contributed by atoms with Crippen LogP contribution in [0.4, 0.5) is 10.1 Å². The standard InChI is InChI=1S/C26H36FN3O4S/c1-18(2)28-26(32)21(5)29(17-22-10-12-23(27)13-11-22)25(31)8-7-15-30(35(6,33)34)24-14-9-19(3)20(4)16-24/h9-14,16,18,21H,7-8,15,17H2,1-6H3,(H,28,32). The number of nitrogens with one attached hydrogen (secondary N) is 1. The molecule has 0 heterocycles. The zero-order valence-electron chi connectivity index (χ0n) is 21.3. The van der Waals surface area contributed by atoms with Crippen molar-refractivity contribution in [3.05, 3.63) is 65.0 Å². The molecule has 2 aromatic carbocycles. The predicted molar refractivity (Wildman–Crippen MR) is 137 cm³/mol. The molecule has 1 atom stereocenters. The molecule has 0 aliphatic rings. The van der Waals surface area contributed by atoms with Gasteiger partial charge in [-0.3, -0.25) is 13.9 Å². The fourth-order valence-electron chi connectivity index (χ4n) is 3.66. The summed E-state index contributed by atoms with van der Waals surface area (Å²) in [4.78, 5) is 27.3. The monoisotopic (exact) mass is 505 g/mol. The molecule has 2 aromatic rings. The number of hydrogen-bond donors (Lipinski definition) is 1. The van der Waals surface area contributed by atoms with E-state index in [-0.39, 0.29) is 49.6 Å². The van der Waals surface area contributed by atoms with Crippen LogP contribution in [0.5, 0.6) is 0 Å². The van der Waals surface area contributed by atoms with Crippen molar-refractivity contribution in [2.24, 2.45) is 0 Å². The highest BCUT2D eigenvalue weighted by atomic mass is 32.2. The lowest BCUT2D eigenvalue weighted by atomic mass is 10.1. The van der Waals surface area contributed by atoms with E-state index >= 15 is 0 Å². The minimum absolute atomic E-state index is 0.0529. The van der Waals surface area contributed by atoms with Crippen LogP contribution in [0.2, 0.25) is 0 Å². The number of sulfonamides is 1. The Morgan fingerprint density at radius 3 is 2.17 bits per heavy atom. The highest BCUT2D eigenvalue weighted by Crippen LogP contribution is 2.22. The van der Waals surface area contributed by atoms with Crippen molar-refractivity contribution in [1.82, 2.24) is 10.2 Å². The van der Waals surface area contributed by atoms with Crippen LogP contribution in [0.1, 0.15) is 50.3 Å². The fraction of sp³-hybridized carbons (Fsp3) is 0.462. The van der Waals surface area contributed by atoms with Gasteiger partial charge >= 0.3 is 0 Å². The number of anilines is 1. The van der Waals surface area contributed by atoms with Crippen LogP contribution in [-0.4, -0.2) is 50.0 Å². The second-order valence-corrected chi connectivity index (χ2v) is 11.1. The van der Waals surface area contributed by atoms with Crippen LogP contribution in [-0.2, 0) is 26.2 Å². The van der Waals surface area contributed by atoms with Crippen LogP contribution < -0.4 is 9.62 Å². The van der Waals surface area contributed by atoms with Crippen molar-refractivity contribution in [1.29, 1.82) is 0 Å². The van der Waals surface area contributed by atoms with Gasteiger partial charge in [0.1, 0.15) is 11.9 Å². The maximum absolute atomic E-state index is 13.3. The molecule has 192 valence electrons. The largest absolute Gasteiger partial charge is 0.352 e. The first-order valence-corrected chi connectivity index (χ1v) is 13.5. The van der Waals surface area contributed by atoms with Crippen LogP contribution in [0.15, 0.2) is 42.5 Å². The number of aryl methyl sites for hydroxylation is 2. The lowest BCUT2D eigenvalue weighted by Gasteiger charge is -2.30. The second-order valence-electron chi connectivity index (χ2n) is 9.19. The Kier molecular flexibility index (Phi) is 9.82. The minimum atomic E-state index is -3.55. The van der Waals surface area contributed by atoms with Crippen molar-refractivity contribution in [3.63, 3.8) is 0 Å². The summed E-state index contributed by atoms with van der Waals surface area (Å²) in [5.74, 6) is -0.956. The Hall–Kier alpha value is -2.94. The van der Waals surface area contributed by atoms with Gasteiger partial charge in [-0.1, -0.05) is 18.2 Å². The van der Waals surface area contributed by atoms with E-state index in [2.05, 4.69) is 5.32 Å². The Balaban J connectivity index is 2.18. The van der Waals surface area contributed by atoms with E-state index < -0.39 is 16.1 Å².